The fourth-order valence-corrected chi connectivity index (χ4v) is 2.35. The predicted molar refractivity (Wildman–Crippen MR) is 71.4 cm³/mol. The Labute approximate surface area is 111 Å². The lowest BCUT2D eigenvalue weighted by molar-refractivity contribution is 0.662. The minimum Gasteiger partial charge on any atom is -0.313 e. The fourth-order valence-electron chi connectivity index (χ4n) is 1.51. The summed E-state index contributed by atoms with van der Waals surface area (Å²) in [5.74, 6) is 0. The van der Waals surface area contributed by atoms with E-state index in [9.17, 15) is 0 Å². The van der Waals surface area contributed by atoms with Gasteiger partial charge in [0.2, 0.25) is 0 Å². The Morgan fingerprint density at radius 2 is 2.28 bits per heavy atom. The van der Waals surface area contributed by atoms with Crippen molar-refractivity contribution < 1.29 is 0 Å². The number of pyridine rings is 1. The smallest absolute Gasteiger partial charge is 0.192 e. The largest absolute Gasteiger partial charge is 0.313 e. The Morgan fingerprint density at radius 1 is 1.39 bits per heavy atom. The van der Waals surface area contributed by atoms with Gasteiger partial charge in [0.15, 0.2) is 5.16 Å². The van der Waals surface area contributed by atoms with Gasteiger partial charge in [0.05, 0.1) is 0 Å². The van der Waals surface area contributed by atoms with Gasteiger partial charge in [-0.15, -0.1) is 0 Å². The summed E-state index contributed by atoms with van der Waals surface area (Å²) < 4.78 is 1.75. The molecule has 0 aromatic carbocycles. The van der Waals surface area contributed by atoms with Gasteiger partial charge >= 0.3 is 0 Å². The molecule has 0 aliphatic rings. The van der Waals surface area contributed by atoms with Crippen molar-refractivity contribution in [1.82, 2.24) is 25.1 Å². The lowest BCUT2D eigenvalue weighted by atomic mass is 10.3. The molecule has 0 saturated carbocycles. The van der Waals surface area contributed by atoms with Gasteiger partial charge in [0.1, 0.15) is 11.4 Å². The number of aromatic nitrogens is 4. The average molecular weight is 263 g/mol. The second kappa shape index (κ2) is 6.51. The first-order valence-electron chi connectivity index (χ1n) is 5.97. The van der Waals surface area contributed by atoms with Gasteiger partial charge in [0, 0.05) is 19.8 Å². The molecule has 0 atom stereocenters. The van der Waals surface area contributed by atoms with E-state index in [2.05, 4.69) is 33.4 Å². The summed E-state index contributed by atoms with van der Waals surface area (Å²) >= 11 is 1.54. The lowest BCUT2D eigenvalue weighted by Gasteiger charge is -2.08. The zero-order valence-corrected chi connectivity index (χ0v) is 11.4. The van der Waals surface area contributed by atoms with Crippen molar-refractivity contribution in [3.63, 3.8) is 0 Å². The molecule has 0 unspecified atom stereocenters. The van der Waals surface area contributed by atoms with Gasteiger partial charge < -0.3 is 5.32 Å². The molecule has 6 heteroatoms. The summed E-state index contributed by atoms with van der Waals surface area (Å²) in [5, 5.41) is 9.28. The van der Waals surface area contributed by atoms with Gasteiger partial charge in [-0.1, -0.05) is 13.0 Å². The zero-order valence-electron chi connectivity index (χ0n) is 10.6. The maximum atomic E-state index is 4.42. The molecule has 96 valence electrons. The minimum atomic E-state index is 0.835. The third-order valence-corrected chi connectivity index (χ3v) is 3.56. The summed E-state index contributed by atoms with van der Waals surface area (Å²) in [6.07, 6.45) is 4.49. The van der Waals surface area contributed by atoms with Crippen LogP contribution in [0, 0.1) is 0 Å². The van der Waals surface area contributed by atoms with E-state index in [1.807, 2.05) is 19.3 Å². The van der Waals surface area contributed by atoms with E-state index in [4.69, 9.17) is 0 Å². The van der Waals surface area contributed by atoms with E-state index >= 15 is 0 Å². The summed E-state index contributed by atoms with van der Waals surface area (Å²) in [4.78, 5) is 8.62. The van der Waals surface area contributed by atoms with Crippen molar-refractivity contribution in [2.45, 2.75) is 30.1 Å². The summed E-state index contributed by atoms with van der Waals surface area (Å²) in [6.45, 7) is 4.01. The first-order chi connectivity index (χ1) is 8.81. The van der Waals surface area contributed by atoms with Crippen molar-refractivity contribution in [2.24, 2.45) is 7.05 Å². The quantitative estimate of drug-likeness (QED) is 0.806. The van der Waals surface area contributed by atoms with Crippen LogP contribution >= 0.6 is 11.8 Å². The van der Waals surface area contributed by atoms with Crippen LogP contribution in [0.2, 0.25) is 0 Å². The summed E-state index contributed by atoms with van der Waals surface area (Å²) in [5.41, 5.74) is 1.19. The molecule has 0 aliphatic carbocycles. The minimum absolute atomic E-state index is 0.835. The van der Waals surface area contributed by atoms with E-state index in [0.717, 1.165) is 29.7 Å². The highest BCUT2D eigenvalue weighted by Gasteiger charge is 2.08. The Hall–Kier alpha value is -1.40. The highest BCUT2D eigenvalue weighted by atomic mass is 32.2. The van der Waals surface area contributed by atoms with Gasteiger partial charge in [0.25, 0.3) is 0 Å². The molecule has 0 aliphatic heterocycles. The SMILES string of the molecule is CCCNCc1cccnc1Sc1ncnn1C. The van der Waals surface area contributed by atoms with Crippen molar-refractivity contribution in [1.29, 1.82) is 0 Å². The normalized spacial score (nSPS) is 10.8. The van der Waals surface area contributed by atoms with Crippen LogP contribution < -0.4 is 5.32 Å². The molecule has 0 radical (unpaired) electrons. The Balaban J connectivity index is 2.10. The van der Waals surface area contributed by atoms with Gasteiger partial charge in [-0.05, 0) is 36.4 Å². The van der Waals surface area contributed by atoms with Crippen molar-refractivity contribution in [3.8, 4) is 0 Å². The van der Waals surface area contributed by atoms with Gasteiger partial charge in [-0.25, -0.2) is 14.6 Å². The first kappa shape index (κ1) is 13.0. The van der Waals surface area contributed by atoms with Crippen LogP contribution in [0.4, 0.5) is 0 Å². The lowest BCUT2D eigenvalue weighted by Crippen LogP contribution is -2.14. The number of hydrogen-bond donors (Lipinski definition) is 1. The predicted octanol–water partition coefficient (Wildman–Crippen LogP) is 1.86. The third kappa shape index (κ3) is 3.30. The Bertz CT molecular complexity index is 497. The summed E-state index contributed by atoms with van der Waals surface area (Å²) in [6, 6.07) is 4.05. The molecule has 2 aromatic rings. The molecular formula is C12H17N5S. The highest BCUT2D eigenvalue weighted by molar-refractivity contribution is 7.99. The Morgan fingerprint density at radius 3 is 3.00 bits per heavy atom. The van der Waals surface area contributed by atoms with Crippen LogP contribution in [0.1, 0.15) is 18.9 Å². The van der Waals surface area contributed by atoms with Crippen molar-refractivity contribution >= 4 is 11.8 Å². The molecule has 2 rings (SSSR count). The number of nitrogens with zero attached hydrogens (tertiary/aromatic N) is 4. The van der Waals surface area contributed by atoms with Crippen LogP contribution in [-0.4, -0.2) is 26.3 Å². The molecule has 0 bridgehead atoms. The maximum absolute atomic E-state index is 4.42. The van der Waals surface area contributed by atoms with E-state index in [0.29, 0.717) is 0 Å². The maximum Gasteiger partial charge on any atom is 0.192 e. The molecule has 0 fully saturated rings. The van der Waals surface area contributed by atoms with E-state index in [-0.39, 0.29) is 0 Å². The van der Waals surface area contributed by atoms with Gasteiger partial charge in [-0.3, -0.25) is 0 Å². The van der Waals surface area contributed by atoms with Gasteiger partial charge in [-0.2, -0.15) is 5.10 Å². The van der Waals surface area contributed by atoms with Crippen molar-refractivity contribution in [3.05, 3.63) is 30.2 Å². The number of aryl methyl sites for hydroxylation is 1. The molecular weight excluding hydrogens is 246 g/mol. The average Bonchev–Trinajstić information content (AvgIpc) is 2.78. The second-order valence-corrected chi connectivity index (χ2v) is 4.87. The number of hydrogen-bond acceptors (Lipinski definition) is 5. The standard InChI is InChI=1S/C12H17N5S/c1-3-6-13-8-10-5-4-7-14-11(10)18-12-15-9-16-17(12)2/h4-5,7,9,13H,3,6,8H2,1-2H3. The van der Waals surface area contributed by atoms with Crippen molar-refractivity contribution in [2.75, 3.05) is 6.54 Å². The molecule has 1 N–H and O–H groups in total. The van der Waals surface area contributed by atoms with Crippen LogP contribution in [0.25, 0.3) is 0 Å². The highest BCUT2D eigenvalue weighted by Crippen LogP contribution is 2.26. The molecule has 0 spiro atoms. The van der Waals surface area contributed by atoms with Crippen LogP contribution in [0.5, 0.6) is 0 Å². The van der Waals surface area contributed by atoms with E-state index in [1.54, 1.807) is 22.8 Å². The third-order valence-electron chi connectivity index (χ3n) is 2.45. The summed E-state index contributed by atoms with van der Waals surface area (Å²) in [7, 11) is 1.88. The zero-order chi connectivity index (χ0) is 12.8. The molecule has 18 heavy (non-hydrogen) atoms. The molecule has 2 heterocycles. The molecule has 0 amide bonds. The number of nitrogens with one attached hydrogen (secondary N) is 1. The monoisotopic (exact) mass is 263 g/mol. The molecule has 0 saturated heterocycles. The second-order valence-electron chi connectivity index (χ2n) is 3.91. The van der Waals surface area contributed by atoms with Crippen LogP contribution in [0.15, 0.2) is 34.8 Å². The van der Waals surface area contributed by atoms with Crippen LogP contribution in [-0.2, 0) is 13.6 Å². The fraction of sp³-hybridized carbons (Fsp3) is 0.417. The first-order valence-corrected chi connectivity index (χ1v) is 6.79. The number of rotatable bonds is 6. The molecule has 5 nitrogen and oxygen atoms in total. The Kier molecular flexibility index (Phi) is 4.72. The van der Waals surface area contributed by atoms with E-state index in [1.165, 1.54) is 5.56 Å². The molecule has 2 aromatic heterocycles. The van der Waals surface area contributed by atoms with E-state index < -0.39 is 0 Å². The topological polar surface area (TPSA) is 55.6 Å². The van der Waals surface area contributed by atoms with Crippen LogP contribution in [0.3, 0.4) is 0 Å².